The highest BCUT2D eigenvalue weighted by molar-refractivity contribution is 5.39. The number of methoxy groups -OCH3 is 1. The van der Waals surface area contributed by atoms with Crippen LogP contribution in [0, 0.1) is 0 Å². The minimum Gasteiger partial charge on any atom is -0.507 e. The van der Waals surface area contributed by atoms with Crippen molar-refractivity contribution in [1.82, 2.24) is 4.90 Å². The Balaban J connectivity index is 1.96. The Hall–Kier alpha value is -1.26. The summed E-state index contributed by atoms with van der Waals surface area (Å²) in [5.41, 5.74) is 0.941. The van der Waals surface area contributed by atoms with Crippen molar-refractivity contribution < 1.29 is 14.9 Å². The van der Waals surface area contributed by atoms with E-state index in [9.17, 15) is 5.11 Å². The normalized spacial score (nSPS) is 14.9. The maximum Gasteiger partial charge on any atom is 0.123 e. The predicted octanol–water partition coefficient (Wildman–Crippen LogP) is 2.14. The fraction of sp³-hybridized carbons (Fsp3) is 0.600. The molecule has 1 aromatic rings. The molecule has 0 spiro atoms. The molecular formula is C15H23NO3. The average Bonchev–Trinajstić information content (AvgIpc) is 3.24. The number of hydrogen-bond donors (Lipinski definition) is 2. The fourth-order valence-electron chi connectivity index (χ4n) is 2.28. The smallest absolute Gasteiger partial charge is 0.123 e. The minimum atomic E-state index is 0.256. The van der Waals surface area contributed by atoms with Crippen LogP contribution in [0.25, 0.3) is 0 Å². The number of aromatic hydroxyl groups is 1. The molecule has 0 saturated heterocycles. The third-order valence-corrected chi connectivity index (χ3v) is 3.58. The van der Waals surface area contributed by atoms with Crippen LogP contribution >= 0.6 is 0 Å². The van der Waals surface area contributed by atoms with Crippen LogP contribution < -0.4 is 4.74 Å². The lowest BCUT2D eigenvalue weighted by Crippen LogP contribution is -2.26. The van der Waals surface area contributed by atoms with Crippen molar-refractivity contribution >= 4 is 0 Å². The zero-order valence-corrected chi connectivity index (χ0v) is 11.5. The predicted molar refractivity (Wildman–Crippen MR) is 74.4 cm³/mol. The average molecular weight is 265 g/mol. The number of unbranched alkanes of at least 4 members (excludes halogenated alkanes) is 1. The van der Waals surface area contributed by atoms with Gasteiger partial charge in [-0.3, -0.25) is 4.90 Å². The van der Waals surface area contributed by atoms with E-state index in [2.05, 4.69) is 4.90 Å². The first-order valence-corrected chi connectivity index (χ1v) is 6.95. The molecule has 1 aromatic carbocycles. The minimum absolute atomic E-state index is 0.256. The Morgan fingerprint density at radius 3 is 2.68 bits per heavy atom. The van der Waals surface area contributed by atoms with Gasteiger partial charge in [-0.1, -0.05) is 6.07 Å². The van der Waals surface area contributed by atoms with E-state index < -0.39 is 0 Å². The molecule has 0 radical (unpaired) electrons. The number of phenols is 1. The molecule has 0 amide bonds. The number of aliphatic hydroxyl groups is 1. The van der Waals surface area contributed by atoms with Crippen LogP contribution in [0.5, 0.6) is 11.5 Å². The molecule has 0 bridgehead atoms. The van der Waals surface area contributed by atoms with Crippen molar-refractivity contribution in [1.29, 1.82) is 0 Å². The number of aliphatic hydroxyl groups excluding tert-OH is 1. The molecule has 1 aliphatic carbocycles. The van der Waals surface area contributed by atoms with Gasteiger partial charge in [0.2, 0.25) is 0 Å². The molecule has 0 aromatic heterocycles. The van der Waals surface area contributed by atoms with Crippen LogP contribution in [-0.4, -0.2) is 41.4 Å². The molecule has 2 N–H and O–H groups in total. The standard InChI is InChI=1S/C15H23NO3/c1-19-14-7-4-12(15(18)10-14)11-16(13-5-6-13)8-2-3-9-17/h4,7,10,13,17-18H,2-3,5-6,8-9,11H2,1H3. The lowest BCUT2D eigenvalue weighted by Gasteiger charge is -2.22. The molecule has 1 fully saturated rings. The van der Waals surface area contributed by atoms with Crippen LogP contribution in [0.2, 0.25) is 0 Å². The van der Waals surface area contributed by atoms with Gasteiger partial charge in [0.15, 0.2) is 0 Å². The van der Waals surface area contributed by atoms with E-state index in [1.807, 2.05) is 12.1 Å². The summed E-state index contributed by atoms with van der Waals surface area (Å²) in [6.45, 7) is 2.01. The second kappa shape index (κ2) is 6.78. The van der Waals surface area contributed by atoms with E-state index in [4.69, 9.17) is 9.84 Å². The van der Waals surface area contributed by atoms with Crippen molar-refractivity contribution in [2.24, 2.45) is 0 Å². The third-order valence-electron chi connectivity index (χ3n) is 3.58. The van der Waals surface area contributed by atoms with Gasteiger partial charge >= 0.3 is 0 Å². The third kappa shape index (κ3) is 4.11. The van der Waals surface area contributed by atoms with Crippen LogP contribution in [0.15, 0.2) is 18.2 Å². The first kappa shape index (κ1) is 14.2. The number of hydrogen-bond acceptors (Lipinski definition) is 4. The lowest BCUT2D eigenvalue weighted by atomic mass is 10.1. The fourth-order valence-corrected chi connectivity index (χ4v) is 2.28. The monoisotopic (exact) mass is 265 g/mol. The zero-order valence-electron chi connectivity index (χ0n) is 11.5. The molecule has 1 aliphatic rings. The summed E-state index contributed by atoms with van der Waals surface area (Å²) in [6, 6.07) is 6.12. The van der Waals surface area contributed by atoms with E-state index in [0.29, 0.717) is 17.5 Å². The van der Waals surface area contributed by atoms with Gasteiger partial charge in [-0.2, -0.15) is 0 Å². The highest BCUT2D eigenvalue weighted by Crippen LogP contribution is 2.31. The Kier molecular flexibility index (Phi) is 5.05. The second-order valence-electron chi connectivity index (χ2n) is 5.13. The van der Waals surface area contributed by atoms with Gasteiger partial charge in [0.1, 0.15) is 11.5 Å². The molecule has 0 aliphatic heterocycles. The summed E-state index contributed by atoms with van der Waals surface area (Å²) in [6.07, 6.45) is 4.34. The van der Waals surface area contributed by atoms with Crippen molar-refractivity contribution in [3.8, 4) is 11.5 Å². The topological polar surface area (TPSA) is 52.9 Å². The molecule has 4 nitrogen and oxygen atoms in total. The SMILES string of the molecule is COc1ccc(CN(CCCCO)C2CC2)c(O)c1. The van der Waals surface area contributed by atoms with Crippen LogP contribution in [0.4, 0.5) is 0 Å². The lowest BCUT2D eigenvalue weighted by molar-refractivity contribution is 0.226. The van der Waals surface area contributed by atoms with Gasteiger partial charge in [0.05, 0.1) is 7.11 Å². The molecule has 0 atom stereocenters. The van der Waals surface area contributed by atoms with Crippen molar-refractivity contribution in [2.45, 2.75) is 38.3 Å². The van der Waals surface area contributed by atoms with E-state index in [-0.39, 0.29) is 6.61 Å². The number of benzene rings is 1. The summed E-state index contributed by atoms with van der Waals surface area (Å²) in [4.78, 5) is 2.40. The Labute approximate surface area is 114 Å². The highest BCUT2D eigenvalue weighted by Gasteiger charge is 2.28. The van der Waals surface area contributed by atoms with Gasteiger partial charge < -0.3 is 14.9 Å². The van der Waals surface area contributed by atoms with Crippen LogP contribution in [0.3, 0.4) is 0 Å². The van der Waals surface area contributed by atoms with E-state index in [1.54, 1.807) is 13.2 Å². The van der Waals surface area contributed by atoms with Gasteiger partial charge in [0.25, 0.3) is 0 Å². The van der Waals surface area contributed by atoms with Crippen molar-refractivity contribution in [2.75, 3.05) is 20.3 Å². The Morgan fingerprint density at radius 2 is 2.11 bits per heavy atom. The number of phenolic OH excluding ortho intramolecular Hbond substituents is 1. The molecule has 19 heavy (non-hydrogen) atoms. The molecule has 2 rings (SSSR count). The number of ether oxygens (including phenoxy) is 1. The summed E-state index contributed by atoms with van der Waals surface area (Å²) < 4.78 is 5.09. The van der Waals surface area contributed by atoms with E-state index >= 15 is 0 Å². The molecule has 0 unspecified atom stereocenters. The van der Waals surface area contributed by atoms with Gasteiger partial charge in [-0.05, 0) is 38.3 Å². The highest BCUT2D eigenvalue weighted by atomic mass is 16.5. The molecule has 1 saturated carbocycles. The first-order valence-electron chi connectivity index (χ1n) is 6.95. The summed E-state index contributed by atoms with van der Waals surface area (Å²) in [7, 11) is 1.60. The quantitative estimate of drug-likeness (QED) is 0.707. The van der Waals surface area contributed by atoms with Crippen molar-refractivity contribution in [3.63, 3.8) is 0 Å². The van der Waals surface area contributed by atoms with Crippen molar-refractivity contribution in [3.05, 3.63) is 23.8 Å². The summed E-state index contributed by atoms with van der Waals surface area (Å²) in [5, 5.41) is 18.9. The molecule has 0 heterocycles. The largest absolute Gasteiger partial charge is 0.507 e. The second-order valence-corrected chi connectivity index (χ2v) is 5.13. The van der Waals surface area contributed by atoms with Gasteiger partial charge in [0, 0.05) is 30.8 Å². The maximum absolute atomic E-state index is 10.00. The number of rotatable bonds is 8. The Bertz CT molecular complexity index is 404. The van der Waals surface area contributed by atoms with Gasteiger partial charge in [-0.25, -0.2) is 0 Å². The molecule has 4 heteroatoms. The van der Waals surface area contributed by atoms with Gasteiger partial charge in [-0.15, -0.1) is 0 Å². The first-order chi connectivity index (χ1) is 9.24. The van der Waals surface area contributed by atoms with E-state index in [1.165, 1.54) is 12.8 Å². The summed E-state index contributed by atoms with van der Waals surface area (Å²) >= 11 is 0. The number of nitrogens with zero attached hydrogens (tertiary/aromatic N) is 1. The van der Waals surface area contributed by atoms with E-state index in [0.717, 1.165) is 31.5 Å². The van der Waals surface area contributed by atoms with Crippen LogP contribution in [0.1, 0.15) is 31.2 Å². The maximum atomic E-state index is 10.00. The molecular weight excluding hydrogens is 242 g/mol. The Morgan fingerprint density at radius 1 is 1.32 bits per heavy atom. The zero-order chi connectivity index (χ0) is 13.7. The molecule has 106 valence electrons. The van der Waals surface area contributed by atoms with Crippen LogP contribution in [-0.2, 0) is 6.54 Å². The summed E-state index contributed by atoms with van der Waals surface area (Å²) in [5.74, 6) is 0.978.